The Labute approximate surface area is 125 Å². The fourth-order valence-corrected chi connectivity index (χ4v) is 2.74. The zero-order valence-electron chi connectivity index (χ0n) is 14.3. The smallest absolute Gasteiger partial charge is 0.0158 e. The van der Waals surface area contributed by atoms with E-state index in [1.807, 2.05) is 39.8 Å². The summed E-state index contributed by atoms with van der Waals surface area (Å²) < 4.78 is 0. The van der Waals surface area contributed by atoms with Crippen molar-refractivity contribution < 1.29 is 0 Å². The summed E-state index contributed by atoms with van der Waals surface area (Å²) in [7, 11) is 0. The molecule has 1 aliphatic carbocycles. The van der Waals surface area contributed by atoms with Gasteiger partial charge in [0.1, 0.15) is 0 Å². The van der Waals surface area contributed by atoms with E-state index in [-0.39, 0.29) is 5.41 Å². The van der Waals surface area contributed by atoms with Gasteiger partial charge in [0.2, 0.25) is 0 Å². The van der Waals surface area contributed by atoms with Gasteiger partial charge in [0, 0.05) is 5.41 Å². The third kappa shape index (κ3) is 2.95. The average Bonchev–Trinajstić information content (AvgIpc) is 2.71. The maximum Gasteiger partial charge on any atom is 0.0158 e. The number of aryl methyl sites for hydroxylation is 1. The molecule has 2 rings (SSSR count). The van der Waals surface area contributed by atoms with Crippen molar-refractivity contribution in [1.82, 2.24) is 0 Å². The lowest BCUT2D eigenvalue weighted by Crippen LogP contribution is -2.16. The second-order valence-electron chi connectivity index (χ2n) is 4.86. The number of hydrogen-bond donors (Lipinski definition) is 0. The molecule has 1 aromatic rings. The van der Waals surface area contributed by atoms with Crippen molar-refractivity contribution in [2.75, 3.05) is 0 Å². The summed E-state index contributed by atoms with van der Waals surface area (Å²) in [5.41, 5.74) is 6.62. The Hall–Kier alpha value is -1.56. The molecule has 0 radical (unpaired) electrons. The van der Waals surface area contributed by atoms with Gasteiger partial charge in [-0.2, -0.15) is 0 Å². The molecule has 0 saturated heterocycles. The molecule has 0 heteroatoms. The van der Waals surface area contributed by atoms with Gasteiger partial charge >= 0.3 is 0 Å². The van der Waals surface area contributed by atoms with Crippen LogP contribution in [0.4, 0.5) is 0 Å². The van der Waals surface area contributed by atoms with Crippen molar-refractivity contribution in [2.45, 2.75) is 53.9 Å². The SMILES string of the molecule is C=CC1=C(C=C)C(C)(C)c2cccc(C)c21.CC.CC. The summed E-state index contributed by atoms with van der Waals surface area (Å²) in [5.74, 6) is 0. The third-order valence-corrected chi connectivity index (χ3v) is 3.59. The Morgan fingerprint density at radius 2 is 1.50 bits per heavy atom. The lowest BCUT2D eigenvalue weighted by molar-refractivity contribution is 0.654. The molecule has 1 aromatic carbocycles. The minimum atomic E-state index is 0.0482. The zero-order valence-corrected chi connectivity index (χ0v) is 14.3. The molecule has 110 valence electrons. The molecule has 1 aliphatic rings. The normalized spacial score (nSPS) is 14.3. The predicted octanol–water partition coefficient (Wildman–Crippen LogP) is 6.46. The number of benzene rings is 1. The highest BCUT2D eigenvalue weighted by atomic mass is 14.4. The number of allylic oxidation sites excluding steroid dienone is 4. The van der Waals surface area contributed by atoms with Gasteiger partial charge in [-0.25, -0.2) is 0 Å². The average molecular weight is 270 g/mol. The monoisotopic (exact) mass is 270 g/mol. The van der Waals surface area contributed by atoms with E-state index in [1.165, 1.54) is 27.8 Å². The van der Waals surface area contributed by atoms with E-state index in [2.05, 4.69) is 52.1 Å². The van der Waals surface area contributed by atoms with Crippen LogP contribution in [0, 0.1) is 6.92 Å². The van der Waals surface area contributed by atoms with Crippen LogP contribution < -0.4 is 0 Å². The highest BCUT2D eigenvalue weighted by Crippen LogP contribution is 2.47. The minimum absolute atomic E-state index is 0.0482. The number of fused-ring (bicyclic) bond motifs is 1. The van der Waals surface area contributed by atoms with Gasteiger partial charge in [0.15, 0.2) is 0 Å². The maximum atomic E-state index is 3.94. The van der Waals surface area contributed by atoms with Crippen LogP contribution in [0.5, 0.6) is 0 Å². The van der Waals surface area contributed by atoms with Crippen LogP contribution in [0.25, 0.3) is 5.57 Å². The molecule has 0 heterocycles. The summed E-state index contributed by atoms with van der Waals surface area (Å²) >= 11 is 0. The van der Waals surface area contributed by atoms with Crippen LogP contribution in [0.2, 0.25) is 0 Å². The first-order valence-corrected chi connectivity index (χ1v) is 7.64. The summed E-state index contributed by atoms with van der Waals surface area (Å²) in [6.07, 6.45) is 3.92. The molecular formula is C20H30. The molecule has 0 bridgehead atoms. The second kappa shape index (κ2) is 7.89. The van der Waals surface area contributed by atoms with Crippen molar-refractivity contribution in [3.63, 3.8) is 0 Å². The summed E-state index contributed by atoms with van der Waals surface area (Å²) in [6.45, 7) is 22.5. The number of rotatable bonds is 2. The Bertz CT molecular complexity index is 499. The summed E-state index contributed by atoms with van der Waals surface area (Å²) in [6, 6.07) is 6.50. The molecule has 0 atom stereocenters. The van der Waals surface area contributed by atoms with Crippen molar-refractivity contribution in [3.8, 4) is 0 Å². The summed E-state index contributed by atoms with van der Waals surface area (Å²) in [5, 5.41) is 0. The molecule has 0 saturated carbocycles. The molecule has 0 spiro atoms. The molecule has 0 amide bonds. The molecule has 0 unspecified atom stereocenters. The topological polar surface area (TPSA) is 0 Å². The van der Waals surface area contributed by atoms with E-state index in [1.54, 1.807) is 0 Å². The van der Waals surface area contributed by atoms with Crippen LogP contribution in [0.3, 0.4) is 0 Å². The molecule has 0 N–H and O–H groups in total. The fraction of sp³-hybridized carbons (Fsp3) is 0.400. The fourth-order valence-electron chi connectivity index (χ4n) is 2.74. The minimum Gasteiger partial charge on any atom is -0.0987 e. The van der Waals surface area contributed by atoms with Crippen molar-refractivity contribution in [1.29, 1.82) is 0 Å². The molecule has 0 aliphatic heterocycles. The van der Waals surface area contributed by atoms with Gasteiger partial charge < -0.3 is 0 Å². The number of hydrogen-bond acceptors (Lipinski definition) is 0. The van der Waals surface area contributed by atoms with Gasteiger partial charge in [0.05, 0.1) is 0 Å². The first kappa shape index (κ1) is 18.4. The molecular weight excluding hydrogens is 240 g/mol. The van der Waals surface area contributed by atoms with Gasteiger partial charge in [-0.15, -0.1) is 0 Å². The second-order valence-corrected chi connectivity index (χ2v) is 4.86. The predicted molar refractivity (Wildman–Crippen MR) is 94.2 cm³/mol. The Morgan fingerprint density at radius 3 is 1.95 bits per heavy atom. The van der Waals surface area contributed by atoms with Gasteiger partial charge in [-0.3, -0.25) is 0 Å². The quantitative estimate of drug-likeness (QED) is 0.578. The third-order valence-electron chi connectivity index (χ3n) is 3.59. The highest BCUT2D eigenvalue weighted by molar-refractivity contribution is 5.88. The van der Waals surface area contributed by atoms with E-state index in [9.17, 15) is 0 Å². The van der Waals surface area contributed by atoms with Crippen LogP contribution in [0.1, 0.15) is 58.2 Å². The van der Waals surface area contributed by atoms with Crippen LogP contribution in [-0.2, 0) is 5.41 Å². The van der Waals surface area contributed by atoms with E-state index < -0.39 is 0 Å². The van der Waals surface area contributed by atoms with Gasteiger partial charge in [-0.05, 0) is 34.8 Å². The summed E-state index contributed by atoms with van der Waals surface area (Å²) in [4.78, 5) is 0. The lowest BCUT2D eigenvalue weighted by atomic mass is 9.81. The highest BCUT2D eigenvalue weighted by Gasteiger charge is 2.35. The van der Waals surface area contributed by atoms with E-state index in [4.69, 9.17) is 0 Å². The van der Waals surface area contributed by atoms with Crippen molar-refractivity contribution in [2.24, 2.45) is 0 Å². The van der Waals surface area contributed by atoms with Crippen LogP contribution in [0.15, 0.2) is 49.1 Å². The van der Waals surface area contributed by atoms with E-state index in [0.717, 1.165) is 0 Å². The maximum absolute atomic E-state index is 3.94. The van der Waals surface area contributed by atoms with Gasteiger partial charge in [-0.1, -0.05) is 85.1 Å². The van der Waals surface area contributed by atoms with Crippen LogP contribution in [-0.4, -0.2) is 0 Å². The van der Waals surface area contributed by atoms with Crippen molar-refractivity contribution >= 4 is 5.57 Å². The Morgan fingerprint density at radius 1 is 0.950 bits per heavy atom. The Balaban J connectivity index is 0.000000829. The van der Waals surface area contributed by atoms with Gasteiger partial charge in [0.25, 0.3) is 0 Å². The largest absolute Gasteiger partial charge is 0.0987 e. The zero-order chi connectivity index (χ0) is 15.9. The first-order chi connectivity index (χ1) is 9.54. The standard InChI is InChI=1S/C16H18.2C2H6/c1-6-12-13(7-2)16(4,5)14-10-8-9-11(3)15(12)14;2*1-2/h6-10H,1-2H2,3-5H3;2*1-2H3. The molecule has 0 aromatic heterocycles. The van der Waals surface area contributed by atoms with E-state index in [0.29, 0.717) is 0 Å². The first-order valence-electron chi connectivity index (χ1n) is 7.64. The molecule has 0 nitrogen and oxygen atoms in total. The van der Waals surface area contributed by atoms with E-state index >= 15 is 0 Å². The van der Waals surface area contributed by atoms with Crippen molar-refractivity contribution in [3.05, 3.63) is 65.8 Å². The molecule has 20 heavy (non-hydrogen) atoms. The Kier molecular flexibility index (Phi) is 7.28. The lowest BCUT2D eigenvalue weighted by Gasteiger charge is -2.22. The molecule has 0 fully saturated rings. The van der Waals surface area contributed by atoms with Crippen LogP contribution >= 0.6 is 0 Å².